The second-order valence-electron chi connectivity index (χ2n) is 5.23. The van der Waals surface area contributed by atoms with Crippen molar-refractivity contribution in [1.29, 1.82) is 0 Å². The van der Waals surface area contributed by atoms with Crippen LogP contribution >= 0.6 is 11.8 Å². The van der Waals surface area contributed by atoms with E-state index >= 15 is 0 Å². The average molecular weight is 267 g/mol. The number of aromatic nitrogens is 1. The van der Waals surface area contributed by atoms with Gasteiger partial charge in [0.2, 0.25) is 0 Å². The molecule has 0 amide bonds. The zero-order valence-corrected chi connectivity index (χ0v) is 12.2. The highest BCUT2D eigenvalue weighted by Crippen LogP contribution is 2.30. The molecule has 2 rings (SSSR count). The molecular weight excluding hydrogens is 242 g/mol. The summed E-state index contributed by atoms with van der Waals surface area (Å²) < 4.78 is 2.37. The van der Waals surface area contributed by atoms with Crippen LogP contribution in [-0.4, -0.2) is 21.7 Å². The van der Waals surface area contributed by atoms with Crippen LogP contribution in [0.1, 0.15) is 55.9 Å². The molecule has 1 aliphatic carbocycles. The maximum Gasteiger partial charge on any atom is 0.0807 e. The quantitative estimate of drug-likeness (QED) is 0.761. The molecule has 1 N–H and O–H groups in total. The topological polar surface area (TPSA) is 25.2 Å². The maximum atomic E-state index is 9.93. The Hall–Kier alpha value is -0.410. The van der Waals surface area contributed by atoms with Gasteiger partial charge >= 0.3 is 0 Å². The number of rotatable bonds is 7. The summed E-state index contributed by atoms with van der Waals surface area (Å²) in [5.41, 5.74) is 2.57. The molecule has 0 aromatic carbocycles. The molecule has 0 bridgehead atoms. The van der Waals surface area contributed by atoms with Crippen LogP contribution in [0.5, 0.6) is 0 Å². The van der Waals surface area contributed by atoms with Crippen molar-refractivity contribution in [3.63, 3.8) is 0 Å². The van der Waals surface area contributed by atoms with Gasteiger partial charge in [-0.05, 0) is 50.2 Å². The summed E-state index contributed by atoms with van der Waals surface area (Å²) in [4.78, 5) is 0. The highest BCUT2D eigenvalue weighted by atomic mass is 32.2. The summed E-state index contributed by atoms with van der Waals surface area (Å²) in [6.07, 6.45) is 12.6. The lowest BCUT2D eigenvalue weighted by atomic mass is 9.95. The number of unbranched alkanes of at least 4 members (excludes halogenated alkanes) is 3. The summed E-state index contributed by atoms with van der Waals surface area (Å²) in [6.45, 7) is 1.13. The minimum absolute atomic E-state index is 0.212. The van der Waals surface area contributed by atoms with E-state index in [9.17, 15) is 5.11 Å². The third-order valence-corrected chi connectivity index (χ3v) is 4.56. The van der Waals surface area contributed by atoms with Gasteiger partial charge in [0.25, 0.3) is 0 Å². The number of aryl methyl sites for hydroxylation is 1. The minimum atomic E-state index is -0.212. The van der Waals surface area contributed by atoms with Crippen molar-refractivity contribution in [2.75, 3.05) is 12.0 Å². The van der Waals surface area contributed by atoms with Crippen molar-refractivity contribution < 1.29 is 5.11 Å². The van der Waals surface area contributed by atoms with Crippen LogP contribution in [-0.2, 0) is 13.0 Å². The highest BCUT2D eigenvalue weighted by Gasteiger charge is 2.20. The van der Waals surface area contributed by atoms with Gasteiger partial charge in [0, 0.05) is 24.0 Å². The monoisotopic (exact) mass is 267 g/mol. The molecule has 102 valence electrons. The number of hydrogen-bond acceptors (Lipinski definition) is 2. The third kappa shape index (κ3) is 3.55. The Balaban J connectivity index is 1.76. The summed E-state index contributed by atoms with van der Waals surface area (Å²) in [5, 5.41) is 9.93. The van der Waals surface area contributed by atoms with Crippen molar-refractivity contribution in [2.24, 2.45) is 0 Å². The van der Waals surface area contributed by atoms with E-state index in [-0.39, 0.29) is 6.10 Å². The lowest BCUT2D eigenvalue weighted by Gasteiger charge is -2.20. The summed E-state index contributed by atoms with van der Waals surface area (Å²) >= 11 is 1.94. The first-order valence-corrected chi connectivity index (χ1v) is 8.57. The molecule has 0 saturated carbocycles. The molecule has 0 aliphatic heterocycles. The van der Waals surface area contributed by atoms with E-state index in [2.05, 4.69) is 23.1 Å². The third-order valence-electron chi connectivity index (χ3n) is 3.86. The SMILES string of the molecule is CSCCCCCCn1ccc2c1CCCC2O. The molecule has 3 heteroatoms. The lowest BCUT2D eigenvalue weighted by Crippen LogP contribution is -2.12. The van der Waals surface area contributed by atoms with Gasteiger partial charge in [-0.2, -0.15) is 11.8 Å². The first kappa shape index (κ1) is 14.0. The standard InChI is InChI=1S/C15H25NOS/c1-18-12-5-3-2-4-10-16-11-9-13-14(16)7-6-8-15(13)17/h9,11,15,17H,2-8,10,12H2,1H3. The Bertz CT molecular complexity index is 361. The van der Waals surface area contributed by atoms with Gasteiger partial charge < -0.3 is 9.67 Å². The van der Waals surface area contributed by atoms with E-state index in [1.165, 1.54) is 42.7 Å². The fraction of sp³-hybridized carbons (Fsp3) is 0.733. The van der Waals surface area contributed by atoms with E-state index in [0.717, 1.165) is 25.8 Å². The second kappa shape index (κ2) is 7.25. The predicted octanol–water partition coefficient (Wildman–Crippen LogP) is 3.78. The van der Waals surface area contributed by atoms with Crippen molar-refractivity contribution in [2.45, 2.75) is 57.6 Å². The number of thioether (sulfide) groups is 1. The molecule has 0 radical (unpaired) electrons. The van der Waals surface area contributed by atoms with Crippen LogP contribution in [0.2, 0.25) is 0 Å². The molecule has 0 spiro atoms. The highest BCUT2D eigenvalue weighted by molar-refractivity contribution is 7.98. The number of fused-ring (bicyclic) bond motifs is 1. The van der Waals surface area contributed by atoms with Gasteiger partial charge in [-0.1, -0.05) is 12.8 Å². The molecule has 1 aliphatic rings. The van der Waals surface area contributed by atoms with Crippen molar-refractivity contribution in [1.82, 2.24) is 4.57 Å². The Kier molecular flexibility index (Phi) is 5.64. The normalized spacial score (nSPS) is 18.9. The fourth-order valence-corrected chi connectivity index (χ4v) is 3.32. The van der Waals surface area contributed by atoms with E-state index in [1.807, 2.05) is 11.8 Å². The van der Waals surface area contributed by atoms with Crippen LogP contribution in [0.25, 0.3) is 0 Å². The van der Waals surface area contributed by atoms with Crippen LogP contribution in [0.4, 0.5) is 0 Å². The van der Waals surface area contributed by atoms with Gasteiger partial charge in [-0.3, -0.25) is 0 Å². The minimum Gasteiger partial charge on any atom is -0.388 e. The van der Waals surface area contributed by atoms with Gasteiger partial charge in [-0.25, -0.2) is 0 Å². The molecule has 1 heterocycles. The smallest absolute Gasteiger partial charge is 0.0807 e. The Morgan fingerprint density at radius 2 is 2.17 bits per heavy atom. The van der Waals surface area contributed by atoms with Gasteiger partial charge in [-0.15, -0.1) is 0 Å². The lowest BCUT2D eigenvalue weighted by molar-refractivity contribution is 0.155. The van der Waals surface area contributed by atoms with E-state index in [1.54, 1.807) is 0 Å². The first-order valence-electron chi connectivity index (χ1n) is 7.18. The van der Waals surface area contributed by atoms with Crippen LogP contribution in [0.15, 0.2) is 12.3 Å². The predicted molar refractivity (Wildman–Crippen MR) is 79.2 cm³/mol. The largest absolute Gasteiger partial charge is 0.388 e. The molecule has 0 saturated heterocycles. The van der Waals surface area contributed by atoms with E-state index < -0.39 is 0 Å². The molecule has 18 heavy (non-hydrogen) atoms. The Labute approximate surface area is 115 Å². The molecule has 1 aromatic rings. The second-order valence-corrected chi connectivity index (χ2v) is 6.21. The zero-order valence-electron chi connectivity index (χ0n) is 11.4. The fourth-order valence-electron chi connectivity index (χ4n) is 2.82. The van der Waals surface area contributed by atoms with Crippen LogP contribution in [0.3, 0.4) is 0 Å². The molecule has 1 aromatic heterocycles. The first-order chi connectivity index (χ1) is 8.83. The Morgan fingerprint density at radius 3 is 3.00 bits per heavy atom. The molecule has 0 fully saturated rings. The van der Waals surface area contributed by atoms with Gasteiger partial charge in [0.05, 0.1) is 6.10 Å². The molecule has 1 atom stereocenters. The van der Waals surface area contributed by atoms with E-state index in [0.29, 0.717) is 0 Å². The van der Waals surface area contributed by atoms with Crippen LogP contribution < -0.4 is 0 Å². The summed E-state index contributed by atoms with van der Waals surface area (Å²) in [5.74, 6) is 1.30. The van der Waals surface area contributed by atoms with Crippen LogP contribution in [0, 0.1) is 0 Å². The number of aliphatic hydroxyl groups is 1. The number of aliphatic hydroxyl groups excluding tert-OH is 1. The van der Waals surface area contributed by atoms with Crippen molar-refractivity contribution >= 4 is 11.8 Å². The molecular formula is C15H25NOS. The Morgan fingerprint density at radius 1 is 1.33 bits per heavy atom. The molecule has 2 nitrogen and oxygen atoms in total. The van der Waals surface area contributed by atoms with Crippen molar-refractivity contribution in [3.8, 4) is 0 Å². The number of nitrogens with zero attached hydrogens (tertiary/aromatic N) is 1. The summed E-state index contributed by atoms with van der Waals surface area (Å²) in [6, 6.07) is 2.12. The van der Waals surface area contributed by atoms with E-state index in [4.69, 9.17) is 0 Å². The van der Waals surface area contributed by atoms with Crippen molar-refractivity contribution in [3.05, 3.63) is 23.5 Å². The average Bonchev–Trinajstić information content (AvgIpc) is 2.79. The summed E-state index contributed by atoms with van der Waals surface area (Å²) in [7, 11) is 0. The van der Waals surface area contributed by atoms with Gasteiger partial charge in [0.15, 0.2) is 0 Å². The number of hydrogen-bond donors (Lipinski definition) is 1. The zero-order chi connectivity index (χ0) is 12.8. The maximum absolute atomic E-state index is 9.93. The molecule has 1 unspecified atom stereocenters. The van der Waals surface area contributed by atoms with Gasteiger partial charge in [0.1, 0.15) is 0 Å².